The van der Waals surface area contributed by atoms with Gasteiger partial charge in [0.2, 0.25) is 5.91 Å². The Bertz CT molecular complexity index is 751. The smallest absolute Gasteiger partial charge is 0.231 e. The molecule has 2 aromatic rings. The Morgan fingerprint density at radius 2 is 2.13 bits per heavy atom. The van der Waals surface area contributed by atoms with Gasteiger partial charge < -0.3 is 9.80 Å². The number of rotatable bonds is 2. The van der Waals surface area contributed by atoms with Crippen LogP contribution in [0.15, 0.2) is 36.8 Å². The zero-order valence-electron chi connectivity index (χ0n) is 12.7. The molecule has 1 aromatic heterocycles. The molecule has 1 fully saturated rings. The highest BCUT2D eigenvalue weighted by Gasteiger charge is 2.35. The summed E-state index contributed by atoms with van der Waals surface area (Å²) in [4.78, 5) is 25.1. The molecule has 0 aliphatic carbocycles. The van der Waals surface area contributed by atoms with Gasteiger partial charge in [0, 0.05) is 25.3 Å². The molecule has 1 amide bonds. The molecule has 0 bridgehead atoms. The van der Waals surface area contributed by atoms with E-state index in [0.29, 0.717) is 11.6 Å². The molecule has 0 radical (unpaired) electrons. The van der Waals surface area contributed by atoms with E-state index < -0.39 is 0 Å². The van der Waals surface area contributed by atoms with Gasteiger partial charge in [-0.15, -0.1) is 0 Å². The van der Waals surface area contributed by atoms with Crippen molar-refractivity contribution >= 4 is 29.0 Å². The second kappa shape index (κ2) is 5.81. The number of carbonyl (C=O) groups excluding carboxylic acids is 1. The van der Waals surface area contributed by atoms with Gasteiger partial charge in [-0.05, 0) is 24.5 Å². The number of aromatic nitrogens is 2. The molecular weight excluding hydrogens is 312 g/mol. The van der Waals surface area contributed by atoms with E-state index in [2.05, 4.69) is 20.9 Å². The lowest BCUT2D eigenvalue weighted by Gasteiger charge is -2.22. The van der Waals surface area contributed by atoms with Crippen LogP contribution in [0.3, 0.4) is 0 Å². The summed E-state index contributed by atoms with van der Waals surface area (Å²) in [6, 6.07) is 8.16. The quantitative estimate of drug-likeness (QED) is 0.850. The number of anilines is 2. The maximum Gasteiger partial charge on any atom is 0.231 e. The van der Waals surface area contributed by atoms with Crippen LogP contribution in [0, 0.1) is 5.92 Å². The van der Waals surface area contributed by atoms with Gasteiger partial charge in [0.05, 0.1) is 12.1 Å². The number of para-hydroxylation sites is 1. The third-order valence-corrected chi connectivity index (χ3v) is 4.91. The number of carbonyl (C=O) groups is 1. The molecule has 1 aromatic carbocycles. The molecule has 0 spiro atoms. The topological polar surface area (TPSA) is 49.3 Å². The third-order valence-electron chi connectivity index (χ3n) is 4.64. The molecule has 6 heteroatoms. The van der Waals surface area contributed by atoms with Crippen LogP contribution in [0.1, 0.15) is 12.0 Å². The predicted molar refractivity (Wildman–Crippen MR) is 89.9 cm³/mol. The first-order chi connectivity index (χ1) is 11.2. The summed E-state index contributed by atoms with van der Waals surface area (Å²) in [5, 5.41) is 0.534. The van der Waals surface area contributed by atoms with E-state index in [-0.39, 0.29) is 11.8 Å². The van der Waals surface area contributed by atoms with Gasteiger partial charge in [0.25, 0.3) is 0 Å². The molecule has 0 N–H and O–H groups in total. The molecule has 23 heavy (non-hydrogen) atoms. The number of amides is 1. The first-order valence-corrected chi connectivity index (χ1v) is 8.21. The molecule has 2 aliphatic heterocycles. The summed E-state index contributed by atoms with van der Waals surface area (Å²) in [5.41, 5.74) is 2.32. The zero-order chi connectivity index (χ0) is 15.8. The zero-order valence-corrected chi connectivity index (χ0v) is 13.4. The van der Waals surface area contributed by atoms with Gasteiger partial charge in [-0.25, -0.2) is 9.97 Å². The Kier molecular flexibility index (Phi) is 3.65. The Morgan fingerprint density at radius 3 is 3.00 bits per heavy atom. The second-order valence-corrected chi connectivity index (χ2v) is 6.40. The van der Waals surface area contributed by atoms with E-state index in [1.807, 2.05) is 23.1 Å². The fourth-order valence-corrected chi connectivity index (χ4v) is 3.71. The lowest BCUT2D eigenvalue weighted by atomic mass is 10.1. The van der Waals surface area contributed by atoms with Crippen molar-refractivity contribution in [1.29, 1.82) is 0 Å². The van der Waals surface area contributed by atoms with Crippen LogP contribution in [0.5, 0.6) is 0 Å². The second-order valence-electron chi connectivity index (χ2n) is 5.99. The minimum Gasteiger partial charge on any atom is -0.354 e. The number of nitrogens with zero attached hydrogens (tertiary/aromatic N) is 4. The van der Waals surface area contributed by atoms with Crippen molar-refractivity contribution in [1.82, 2.24) is 9.97 Å². The lowest BCUT2D eigenvalue weighted by molar-refractivity contribution is -0.121. The third kappa shape index (κ3) is 2.55. The van der Waals surface area contributed by atoms with Crippen molar-refractivity contribution < 1.29 is 4.79 Å². The number of hydrogen-bond donors (Lipinski definition) is 0. The van der Waals surface area contributed by atoms with Crippen LogP contribution in [0.25, 0.3) is 0 Å². The standard InChI is InChI=1S/C17H17ClN4O/c18-14-9-19-11-20-16(14)21-7-5-13(10-21)17(23)22-8-6-12-3-1-2-4-15(12)22/h1-4,9,11,13H,5-8,10H2. The van der Waals surface area contributed by atoms with Crippen molar-refractivity contribution in [3.05, 3.63) is 47.4 Å². The van der Waals surface area contributed by atoms with E-state index in [1.165, 1.54) is 11.9 Å². The van der Waals surface area contributed by atoms with Gasteiger partial charge in [0.15, 0.2) is 5.82 Å². The van der Waals surface area contributed by atoms with Crippen LogP contribution in [0.2, 0.25) is 5.02 Å². The molecule has 1 unspecified atom stereocenters. The van der Waals surface area contributed by atoms with Gasteiger partial charge in [-0.1, -0.05) is 29.8 Å². The Hall–Kier alpha value is -2.14. The molecular formula is C17H17ClN4O. The van der Waals surface area contributed by atoms with Gasteiger partial charge >= 0.3 is 0 Å². The van der Waals surface area contributed by atoms with Gasteiger partial charge in [-0.2, -0.15) is 0 Å². The minimum absolute atomic E-state index is 0.00723. The van der Waals surface area contributed by atoms with Crippen molar-refractivity contribution in [2.45, 2.75) is 12.8 Å². The first kappa shape index (κ1) is 14.5. The number of halogens is 1. The highest BCUT2D eigenvalue weighted by Crippen LogP contribution is 2.32. The maximum absolute atomic E-state index is 12.9. The van der Waals surface area contributed by atoms with Crippen LogP contribution < -0.4 is 9.80 Å². The van der Waals surface area contributed by atoms with Crippen LogP contribution >= 0.6 is 11.6 Å². The average molecular weight is 329 g/mol. The summed E-state index contributed by atoms with van der Waals surface area (Å²) in [5.74, 6) is 0.925. The van der Waals surface area contributed by atoms with E-state index in [4.69, 9.17) is 11.6 Å². The summed E-state index contributed by atoms with van der Waals surface area (Å²) in [6.45, 7) is 2.24. The molecule has 118 valence electrons. The summed E-state index contributed by atoms with van der Waals surface area (Å²) < 4.78 is 0. The van der Waals surface area contributed by atoms with Crippen LogP contribution in [-0.2, 0) is 11.2 Å². The fourth-order valence-electron chi connectivity index (χ4n) is 3.48. The van der Waals surface area contributed by atoms with Crippen molar-refractivity contribution in [2.75, 3.05) is 29.4 Å². The Balaban J connectivity index is 1.50. The fraction of sp³-hybridized carbons (Fsp3) is 0.353. The largest absolute Gasteiger partial charge is 0.354 e. The molecule has 2 aliphatic rings. The van der Waals surface area contributed by atoms with Gasteiger partial charge in [-0.3, -0.25) is 4.79 Å². The number of benzene rings is 1. The molecule has 0 saturated carbocycles. The molecule has 4 rings (SSSR count). The minimum atomic E-state index is -0.00723. The van der Waals surface area contributed by atoms with Crippen molar-refractivity contribution in [3.8, 4) is 0 Å². The maximum atomic E-state index is 12.9. The molecule has 5 nitrogen and oxygen atoms in total. The van der Waals surface area contributed by atoms with E-state index in [1.54, 1.807) is 6.20 Å². The Morgan fingerprint density at radius 1 is 1.26 bits per heavy atom. The average Bonchev–Trinajstić information content (AvgIpc) is 3.22. The van der Waals surface area contributed by atoms with E-state index in [9.17, 15) is 4.79 Å². The molecule has 3 heterocycles. The predicted octanol–water partition coefficient (Wildman–Crippen LogP) is 2.55. The number of hydrogen-bond acceptors (Lipinski definition) is 4. The normalized spacial score (nSPS) is 20.0. The SMILES string of the molecule is O=C(C1CCN(c2ncncc2Cl)C1)N1CCc2ccccc21. The van der Waals surface area contributed by atoms with Crippen LogP contribution in [-0.4, -0.2) is 35.5 Å². The van der Waals surface area contributed by atoms with Crippen molar-refractivity contribution in [3.63, 3.8) is 0 Å². The summed E-state index contributed by atoms with van der Waals surface area (Å²) in [7, 11) is 0. The lowest BCUT2D eigenvalue weighted by Crippen LogP contribution is -2.36. The monoisotopic (exact) mass is 328 g/mol. The van der Waals surface area contributed by atoms with E-state index in [0.717, 1.165) is 37.4 Å². The van der Waals surface area contributed by atoms with Crippen LogP contribution in [0.4, 0.5) is 11.5 Å². The summed E-state index contributed by atoms with van der Waals surface area (Å²) in [6.07, 6.45) is 4.86. The first-order valence-electron chi connectivity index (χ1n) is 7.84. The number of fused-ring (bicyclic) bond motifs is 1. The van der Waals surface area contributed by atoms with E-state index >= 15 is 0 Å². The molecule has 1 atom stereocenters. The summed E-state index contributed by atoms with van der Waals surface area (Å²) >= 11 is 6.16. The molecule has 1 saturated heterocycles. The highest BCUT2D eigenvalue weighted by molar-refractivity contribution is 6.32. The Labute approximate surface area is 139 Å². The highest BCUT2D eigenvalue weighted by atomic mass is 35.5. The van der Waals surface area contributed by atoms with Gasteiger partial charge in [0.1, 0.15) is 11.3 Å². The van der Waals surface area contributed by atoms with Crippen molar-refractivity contribution in [2.24, 2.45) is 5.92 Å².